The van der Waals surface area contributed by atoms with Crippen LogP contribution >= 0.6 is 0 Å². The van der Waals surface area contributed by atoms with Crippen LogP contribution in [0.15, 0.2) is 0 Å². The Morgan fingerprint density at radius 1 is 0.565 bits per heavy atom. The average Bonchev–Trinajstić information content (AvgIpc) is 3.02. The zero-order valence-electron chi connectivity index (χ0n) is 31.4. The second kappa shape index (κ2) is 49.0. The summed E-state index contributed by atoms with van der Waals surface area (Å²) >= 11 is 0.149. The summed E-state index contributed by atoms with van der Waals surface area (Å²) in [5.41, 5.74) is 0. The first-order valence-corrected chi connectivity index (χ1v) is 23.2. The topological polar surface area (TPSA) is 130 Å². The van der Waals surface area contributed by atoms with E-state index in [0.717, 1.165) is 25.7 Å². The van der Waals surface area contributed by atoms with Crippen molar-refractivity contribution in [3.05, 3.63) is 0 Å². The number of hydrogen-bond acceptors (Lipinski definition) is 7. The van der Waals surface area contributed by atoms with Gasteiger partial charge in [0.15, 0.2) is 0 Å². The predicted octanol–water partition coefficient (Wildman–Crippen LogP) is 8.21. The first-order chi connectivity index (χ1) is 22.1. The van der Waals surface area contributed by atoms with Crippen LogP contribution in [0.25, 0.3) is 0 Å². The zero-order chi connectivity index (χ0) is 35.5. The van der Waals surface area contributed by atoms with Crippen molar-refractivity contribution in [2.45, 2.75) is 217 Å². The van der Waals surface area contributed by atoms with E-state index in [1.54, 1.807) is 22.7 Å². The molecule has 46 heavy (non-hydrogen) atoms. The normalized spacial score (nSPS) is 11.5. The number of carboxylic acids is 2. The molecule has 0 amide bonds. The molecule has 0 aliphatic heterocycles. The van der Waals surface area contributed by atoms with Gasteiger partial charge in [0, 0.05) is 11.9 Å². The van der Waals surface area contributed by atoms with Gasteiger partial charge in [-0.05, 0) is 39.5 Å². The van der Waals surface area contributed by atoms with Crippen LogP contribution in [-0.2, 0) is 14.3 Å². The number of aliphatic hydroxyl groups excluding tert-OH is 2. The molecule has 0 spiro atoms. The molecule has 0 saturated carbocycles. The number of carbonyl (C=O) groups excluding carboxylic acids is 2. The van der Waals surface area contributed by atoms with Gasteiger partial charge in [0.1, 0.15) is 0 Å². The summed E-state index contributed by atoms with van der Waals surface area (Å²) in [5.74, 6) is -1.82. The van der Waals surface area contributed by atoms with E-state index in [4.69, 9.17) is 14.9 Å². The van der Waals surface area contributed by atoms with Crippen molar-refractivity contribution in [1.82, 2.24) is 0 Å². The van der Waals surface area contributed by atoms with Gasteiger partial charge in [-0.15, -0.1) is 0 Å². The van der Waals surface area contributed by atoms with Gasteiger partial charge in [0.2, 0.25) is 0 Å². The maximum atomic E-state index is 10.1. The molecule has 2 unspecified atom stereocenters. The van der Waals surface area contributed by atoms with E-state index in [1.165, 1.54) is 116 Å². The number of hydrogen-bond donors (Lipinski definition) is 2. The van der Waals surface area contributed by atoms with Crippen molar-refractivity contribution in [2.75, 3.05) is 13.2 Å². The molecule has 0 aromatic heterocycles. The Kier molecular flexibility index (Phi) is 55.9. The third-order valence-electron chi connectivity index (χ3n) is 7.26. The molecule has 0 aliphatic rings. The van der Waals surface area contributed by atoms with E-state index >= 15 is 0 Å². The summed E-state index contributed by atoms with van der Waals surface area (Å²) in [6, 6.07) is 0. The van der Waals surface area contributed by atoms with E-state index < -0.39 is 18.0 Å². The Morgan fingerprint density at radius 3 is 1.13 bits per heavy atom. The Morgan fingerprint density at radius 2 is 0.870 bits per heavy atom. The molecule has 0 heterocycles. The summed E-state index contributed by atoms with van der Waals surface area (Å²) in [6.07, 6.45) is 27.6. The van der Waals surface area contributed by atoms with E-state index in [0.29, 0.717) is 6.61 Å². The Balaban J connectivity index is -0.000000261. The molecule has 8 heteroatoms. The number of ether oxygens (including phenoxy) is 1. The van der Waals surface area contributed by atoms with E-state index in [1.807, 2.05) is 0 Å². The summed E-state index contributed by atoms with van der Waals surface area (Å²) in [4.78, 5) is 20.2. The Labute approximate surface area is 296 Å². The maximum absolute atomic E-state index is 10.1. The molecule has 0 rings (SSSR count). The molecule has 0 radical (unpaired) electrons. The second-order valence-electron chi connectivity index (χ2n) is 12.5. The molecule has 0 bridgehead atoms. The third-order valence-corrected chi connectivity index (χ3v) is 11.3. The van der Waals surface area contributed by atoms with E-state index in [-0.39, 0.29) is 46.7 Å². The molecule has 0 aliphatic carbocycles. The monoisotopic (exact) mass is 766 g/mol. The van der Waals surface area contributed by atoms with Crippen molar-refractivity contribution in [3.63, 3.8) is 0 Å². The first kappa shape index (κ1) is 52.4. The molecule has 0 aromatic rings. The fourth-order valence-corrected chi connectivity index (χ4v) is 8.40. The van der Waals surface area contributed by atoms with E-state index in [9.17, 15) is 19.8 Å². The zero-order valence-corrected chi connectivity index (χ0v) is 34.2. The summed E-state index contributed by atoms with van der Waals surface area (Å²) in [6.45, 7) is 12.7. The molecular weight excluding hydrogens is 687 g/mol. The van der Waals surface area contributed by atoms with E-state index in [2.05, 4.69) is 27.7 Å². The number of aliphatic hydroxyl groups is 2. The van der Waals surface area contributed by atoms with Crippen molar-refractivity contribution >= 4 is 33.1 Å². The van der Waals surface area contributed by atoms with Crippen LogP contribution < -0.4 is 10.2 Å². The Hall–Kier alpha value is -0.381. The van der Waals surface area contributed by atoms with Crippen molar-refractivity contribution in [3.8, 4) is 0 Å². The van der Waals surface area contributed by atoms with Gasteiger partial charge in [0.25, 0.3) is 0 Å². The standard InChI is InChI=1S/2C12H24O2.C6H14O3.2C4H9.Sn/c2*1-2-3-4-5-6-7-8-9-10-11-12(13)14;1-5(8)4-9-6(2)3-7;2*1-3-4-2;/h2*2-11H2,1H3,(H,13,14);5-8H,3-4H2,1-2H3;2*1,3-4H2,2H3;/q;;;;;+2/p-2. The van der Waals surface area contributed by atoms with Gasteiger partial charge < -0.3 is 34.8 Å². The SMILES string of the molecule is CC(O)COC(C)CO.CCCCCCCCCCCC(=O)[O-].CCCCCCCCCCCC(=O)[O-].CCC[CH2][Sn+2][CH2]CCC. The Bertz CT molecular complexity index is 523. The number of carboxylic acid groups (broad SMARTS) is 2. The predicted molar refractivity (Wildman–Crippen MR) is 193 cm³/mol. The van der Waals surface area contributed by atoms with Crippen LogP contribution in [0, 0.1) is 0 Å². The van der Waals surface area contributed by atoms with Crippen molar-refractivity contribution in [2.24, 2.45) is 0 Å². The van der Waals surface area contributed by atoms with Gasteiger partial charge in [-0.3, -0.25) is 0 Å². The molecule has 2 N–H and O–H groups in total. The van der Waals surface area contributed by atoms with Crippen molar-refractivity contribution < 1.29 is 34.8 Å². The average molecular weight is 766 g/mol. The number of rotatable bonds is 30. The summed E-state index contributed by atoms with van der Waals surface area (Å²) < 4.78 is 8.20. The quantitative estimate of drug-likeness (QED) is 0.0557. The molecule has 0 fully saturated rings. The van der Waals surface area contributed by atoms with Gasteiger partial charge in [-0.1, -0.05) is 117 Å². The first-order valence-electron chi connectivity index (χ1n) is 19.1. The molecule has 2 atom stereocenters. The van der Waals surface area contributed by atoms with Crippen LogP contribution in [0.5, 0.6) is 0 Å². The van der Waals surface area contributed by atoms with Crippen LogP contribution in [0.2, 0.25) is 8.87 Å². The minimum absolute atomic E-state index is 0.00667. The number of aliphatic carboxylic acids is 2. The molecule has 0 saturated heterocycles. The minimum atomic E-state index is -0.909. The van der Waals surface area contributed by atoms with Crippen molar-refractivity contribution in [1.29, 1.82) is 0 Å². The molecule has 0 aromatic carbocycles. The van der Waals surface area contributed by atoms with Crippen LogP contribution in [0.3, 0.4) is 0 Å². The van der Waals surface area contributed by atoms with Crippen LogP contribution in [0.1, 0.15) is 196 Å². The molecule has 276 valence electrons. The molecular formula is C38H78O7Sn. The molecule has 7 nitrogen and oxygen atoms in total. The summed E-state index contributed by atoms with van der Waals surface area (Å²) in [5, 5.41) is 37.3. The summed E-state index contributed by atoms with van der Waals surface area (Å²) in [7, 11) is 0. The van der Waals surface area contributed by atoms with Gasteiger partial charge in [-0.2, -0.15) is 0 Å². The van der Waals surface area contributed by atoms with Gasteiger partial charge in [0.05, 0.1) is 25.4 Å². The van der Waals surface area contributed by atoms with Crippen LogP contribution in [-0.4, -0.2) is 68.7 Å². The van der Waals surface area contributed by atoms with Crippen LogP contribution in [0.4, 0.5) is 0 Å². The number of carbonyl (C=O) groups is 2. The fourth-order valence-electron chi connectivity index (χ4n) is 4.24. The fraction of sp³-hybridized carbons (Fsp3) is 0.947. The second-order valence-corrected chi connectivity index (χ2v) is 16.8. The third kappa shape index (κ3) is 66.1. The van der Waals surface area contributed by atoms with Gasteiger partial charge >= 0.3 is 69.5 Å². The van der Waals surface area contributed by atoms with Gasteiger partial charge in [-0.25, -0.2) is 0 Å². The number of unbranched alkanes of at least 4 members (excludes halogenated alkanes) is 18.